The van der Waals surface area contributed by atoms with E-state index in [1.54, 1.807) is 30.4 Å². The van der Waals surface area contributed by atoms with Crippen LogP contribution < -0.4 is 5.32 Å². The number of aromatic nitrogens is 1. The molecule has 2 heterocycles. The predicted molar refractivity (Wildman–Crippen MR) is 148 cm³/mol. The number of nitrogens with one attached hydrogen (secondary N) is 1. The van der Waals surface area contributed by atoms with E-state index in [9.17, 15) is 19.2 Å². The standard InChI is InChI=1S/C31H31FN4O2S/c1-19(37)36-16-23(17-36)20-6-8-21(9-7-20)28-27(34-30(39-28)22-10-12-24(32)13-11-22)25-4-2-3-5-26(25)29(38)35-31(18-33)14-15-31/h6-13,23,25-26H,2-5,14-17H2,1H3,(H,35,38)/t25-,26-/m1/s1. The Labute approximate surface area is 231 Å². The van der Waals surface area contributed by atoms with E-state index in [2.05, 4.69) is 35.7 Å². The van der Waals surface area contributed by atoms with Gasteiger partial charge in [0.05, 0.1) is 16.6 Å². The van der Waals surface area contributed by atoms with Crippen LogP contribution in [0.25, 0.3) is 21.0 Å². The Balaban J connectivity index is 1.34. The number of nitrogens with zero attached hydrogens (tertiary/aromatic N) is 3. The van der Waals surface area contributed by atoms with Crippen molar-refractivity contribution in [2.24, 2.45) is 5.92 Å². The molecule has 39 heavy (non-hydrogen) atoms. The van der Waals surface area contributed by atoms with Gasteiger partial charge in [-0.25, -0.2) is 9.37 Å². The van der Waals surface area contributed by atoms with Crippen LogP contribution >= 0.6 is 11.3 Å². The number of thiazole rings is 1. The van der Waals surface area contributed by atoms with Crippen LogP contribution in [0.1, 0.15) is 68.5 Å². The van der Waals surface area contributed by atoms with E-state index in [-0.39, 0.29) is 29.5 Å². The average molecular weight is 543 g/mol. The second-order valence-electron chi connectivity index (χ2n) is 11.2. The third kappa shape index (κ3) is 5.08. The van der Waals surface area contributed by atoms with Crippen molar-refractivity contribution >= 4 is 23.2 Å². The molecule has 0 bridgehead atoms. The molecule has 6 rings (SSSR count). The van der Waals surface area contributed by atoms with Gasteiger partial charge in [0.15, 0.2) is 0 Å². The van der Waals surface area contributed by atoms with Crippen molar-refractivity contribution in [1.29, 1.82) is 5.26 Å². The SMILES string of the molecule is CC(=O)N1CC(c2ccc(-c3sc(-c4ccc(F)cc4)nc3[C@@H]3CCCC[C@H]3C(=O)NC3(C#N)CC3)cc2)C1. The Hall–Kier alpha value is -3.57. The molecule has 0 unspecified atom stereocenters. The lowest BCUT2D eigenvalue weighted by atomic mass is 9.76. The molecule has 3 aromatic rings. The van der Waals surface area contributed by atoms with Gasteiger partial charge >= 0.3 is 0 Å². The Morgan fingerprint density at radius 3 is 2.36 bits per heavy atom. The number of rotatable bonds is 6. The van der Waals surface area contributed by atoms with E-state index >= 15 is 0 Å². The van der Waals surface area contributed by atoms with E-state index in [0.717, 1.165) is 65.5 Å². The van der Waals surface area contributed by atoms with Crippen molar-refractivity contribution in [3.05, 3.63) is 65.6 Å². The summed E-state index contributed by atoms with van der Waals surface area (Å²) in [6.07, 6.45) is 5.05. The molecular formula is C31H31FN4O2S. The predicted octanol–water partition coefficient (Wildman–Crippen LogP) is 6.01. The van der Waals surface area contributed by atoms with E-state index in [1.165, 1.54) is 17.7 Å². The van der Waals surface area contributed by atoms with Gasteiger partial charge < -0.3 is 10.2 Å². The second-order valence-corrected chi connectivity index (χ2v) is 12.2. The van der Waals surface area contributed by atoms with Gasteiger partial charge in [0.2, 0.25) is 11.8 Å². The highest BCUT2D eigenvalue weighted by molar-refractivity contribution is 7.18. The first-order valence-electron chi connectivity index (χ1n) is 13.7. The molecule has 3 aliphatic rings. The normalized spacial score (nSPS) is 22.0. The summed E-state index contributed by atoms with van der Waals surface area (Å²) in [5.41, 5.74) is 3.33. The van der Waals surface area contributed by atoms with Crippen LogP contribution in [-0.4, -0.2) is 40.3 Å². The first kappa shape index (κ1) is 25.7. The highest BCUT2D eigenvalue weighted by Crippen LogP contribution is 2.46. The maximum atomic E-state index is 13.7. The van der Waals surface area contributed by atoms with Crippen molar-refractivity contribution < 1.29 is 14.0 Å². The highest BCUT2D eigenvalue weighted by Gasteiger charge is 2.47. The van der Waals surface area contributed by atoms with Gasteiger partial charge in [-0.15, -0.1) is 11.3 Å². The van der Waals surface area contributed by atoms with Crippen LogP contribution in [0.5, 0.6) is 0 Å². The fourth-order valence-corrected chi connectivity index (χ4v) is 7.00. The summed E-state index contributed by atoms with van der Waals surface area (Å²) in [4.78, 5) is 33.0. The summed E-state index contributed by atoms with van der Waals surface area (Å²) in [6, 6.07) is 17.2. The molecule has 2 aromatic carbocycles. The van der Waals surface area contributed by atoms with Crippen LogP contribution in [0.2, 0.25) is 0 Å². The van der Waals surface area contributed by atoms with E-state index in [4.69, 9.17) is 4.98 Å². The number of hydrogen-bond acceptors (Lipinski definition) is 5. The molecule has 2 amide bonds. The molecule has 2 atom stereocenters. The Kier molecular flexibility index (Phi) is 6.72. The maximum Gasteiger partial charge on any atom is 0.225 e. The minimum absolute atomic E-state index is 0.0450. The van der Waals surface area contributed by atoms with Crippen molar-refractivity contribution in [3.8, 4) is 27.1 Å². The number of hydrogen-bond donors (Lipinski definition) is 1. The summed E-state index contributed by atoms with van der Waals surface area (Å²) in [5, 5.41) is 13.4. The maximum absolute atomic E-state index is 13.7. The molecule has 200 valence electrons. The van der Waals surface area contributed by atoms with Crippen LogP contribution in [0.4, 0.5) is 4.39 Å². The molecule has 1 aromatic heterocycles. The Bertz CT molecular complexity index is 1430. The van der Waals surface area contributed by atoms with Crippen molar-refractivity contribution in [2.75, 3.05) is 13.1 Å². The highest BCUT2D eigenvalue weighted by atomic mass is 32.1. The van der Waals surface area contributed by atoms with Gasteiger partial charge in [0.1, 0.15) is 16.4 Å². The van der Waals surface area contributed by atoms with E-state index in [0.29, 0.717) is 18.8 Å². The summed E-state index contributed by atoms with van der Waals surface area (Å²) >= 11 is 1.58. The lowest BCUT2D eigenvalue weighted by molar-refractivity contribution is -0.133. The second kappa shape index (κ2) is 10.2. The lowest BCUT2D eigenvalue weighted by Gasteiger charge is -2.39. The molecule has 2 saturated carbocycles. The summed E-state index contributed by atoms with van der Waals surface area (Å²) in [6.45, 7) is 3.10. The minimum Gasteiger partial charge on any atom is -0.342 e. The fourth-order valence-electron chi connectivity index (χ4n) is 5.85. The molecule has 1 saturated heterocycles. The topological polar surface area (TPSA) is 86.1 Å². The Morgan fingerprint density at radius 1 is 1.05 bits per heavy atom. The summed E-state index contributed by atoms with van der Waals surface area (Å²) < 4.78 is 13.7. The van der Waals surface area contributed by atoms with Gasteiger partial charge in [-0.3, -0.25) is 9.59 Å². The minimum atomic E-state index is -0.696. The van der Waals surface area contributed by atoms with Crippen LogP contribution in [0, 0.1) is 23.1 Å². The quantitative estimate of drug-likeness (QED) is 0.414. The van der Waals surface area contributed by atoms with Crippen molar-refractivity contribution in [2.45, 2.75) is 62.8 Å². The molecule has 6 nitrogen and oxygen atoms in total. The first-order chi connectivity index (χ1) is 18.9. The van der Waals surface area contributed by atoms with Gasteiger partial charge in [0, 0.05) is 43.3 Å². The lowest BCUT2D eigenvalue weighted by Crippen LogP contribution is -2.47. The van der Waals surface area contributed by atoms with Crippen molar-refractivity contribution in [3.63, 3.8) is 0 Å². The molecule has 0 radical (unpaired) electrons. The van der Waals surface area contributed by atoms with Crippen LogP contribution in [0.15, 0.2) is 48.5 Å². The van der Waals surface area contributed by atoms with Crippen LogP contribution in [0.3, 0.4) is 0 Å². The summed E-state index contributed by atoms with van der Waals surface area (Å²) in [5.74, 6) is -0.168. The number of likely N-dealkylation sites (tertiary alicyclic amines) is 1. The monoisotopic (exact) mass is 542 g/mol. The zero-order valence-corrected chi connectivity index (χ0v) is 22.8. The van der Waals surface area contributed by atoms with E-state index in [1.807, 2.05) is 4.90 Å². The van der Waals surface area contributed by atoms with Gasteiger partial charge in [-0.1, -0.05) is 37.1 Å². The summed E-state index contributed by atoms with van der Waals surface area (Å²) in [7, 11) is 0. The number of carbonyl (C=O) groups is 2. The zero-order chi connectivity index (χ0) is 27.1. The molecular weight excluding hydrogens is 511 g/mol. The molecule has 3 fully saturated rings. The zero-order valence-electron chi connectivity index (χ0n) is 22.0. The third-order valence-corrected chi connectivity index (χ3v) is 9.67. The first-order valence-corrected chi connectivity index (χ1v) is 14.5. The molecule has 1 N–H and O–H groups in total. The smallest absolute Gasteiger partial charge is 0.225 e. The van der Waals surface area contributed by atoms with Gasteiger partial charge in [-0.2, -0.15) is 5.26 Å². The van der Waals surface area contributed by atoms with Gasteiger partial charge in [-0.05, 0) is 61.1 Å². The molecule has 1 aliphatic heterocycles. The number of benzene rings is 2. The van der Waals surface area contributed by atoms with Gasteiger partial charge in [0.25, 0.3) is 0 Å². The number of amides is 2. The number of halogens is 1. The molecule has 8 heteroatoms. The van der Waals surface area contributed by atoms with Crippen LogP contribution in [-0.2, 0) is 9.59 Å². The number of nitriles is 1. The van der Waals surface area contributed by atoms with Crippen molar-refractivity contribution in [1.82, 2.24) is 15.2 Å². The Morgan fingerprint density at radius 2 is 1.72 bits per heavy atom. The van der Waals surface area contributed by atoms with E-state index < -0.39 is 5.54 Å². The fraction of sp³-hybridized carbons (Fsp3) is 0.419. The third-order valence-electron chi connectivity index (χ3n) is 8.50. The molecule has 0 spiro atoms. The molecule has 2 aliphatic carbocycles. The largest absolute Gasteiger partial charge is 0.342 e. The number of carbonyl (C=O) groups excluding carboxylic acids is 2. The average Bonchev–Trinajstić information content (AvgIpc) is 3.55.